The number of hydrogen-bond acceptors (Lipinski definition) is 8. The highest BCUT2D eigenvalue weighted by Gasteiger charge is 2.21. The predicted molar refractivity (Wildman–Crippen MR) is 77.9 cm³/mol. The van der Waals surface area contributed by atoms with E-state index in [-0.39, 0.29) is 10.6 Å². The normalized spacial score (nSPS) is 12.2. The van der Waals surface area contributed by atoms with Gasteiger partial charge in [-0.2, -0.15) is 8.42 Å². The maximum Gasteiger partial charge on any atom is 0.397 e. The van der Waals surface area contributed by atoms with Gasteiger partial charge in [0.15, 0.2) is 9.84 Å². The van der Waals surface area contributed by atoms with Crippen LogP contribution in [0.2, 0.25) is 0 Å². The number of benzene rings is 1. The quantitative estimate of drug-likeness (QED) is 0.508. The third kappa shape index (κ3) is 5.10. The molecular weight excluding hydrogens is 338 g/mol. The summed E-state index contributed by atoms with van der Waals surface area (Å²) in [5.41, 5.74) is 3.40. The lowest BCUT2D eigenvalue weighted by Gasteiger charge is -2.14. The topological polar surface area (TPSA) is 128 Å². The minimum Gasteiger partial charge on any atom is -0.494 e. The molecule has 0 spiro atoms. The average Bonchev–Trinajstić information content (AvgIpc) is 2.37. The van der Waals surface area contributed by atoms with E-state index >= 15 is 0 Å². The average molecular weight is 355 g/mol. The standard InChI is InChI=1S/C11H17NO8S2/c1-8-6-9(12-19-3)10(18-2)7-11(8)21(13,14)5-4-20-22(15,16)17/h6-7,12H,4-5H2,1-3H3,(H,15,16,17). The lowest BCUT2D eigenvalue weighted by molar-refractivity contribution is 0.268. The monoisotopic (exact) mass is 355 g/mol. The van der Waals surface area contributed by atoms with Crippen LogP contribution in [0, 0.1) is 6.92 Å². The Morgan fingerprint density at radius 1 is 1.18 bits per heavy atom. The first kappa shape index (κ1) is 18.6. The molecule has 0 saturated carbocycles. The van der Waals surface area contributed by atoms with Gasteiger partial charge in [-0.3, -0.25) is 14.9 Å². The summed E-state index contributed by atoms with van der Waals surface area (Å²) >= 11 is 0. The minimum atomic E-state index is -4.68. The van der Waals surface area contributed by atoms with Gasteiger partial charge in [0.2, 0.25) is 0 Å². The number of aryl methyl sites for hydroxylation is 1. The van der Waals surface area contributed by atoms with Crippen LogP contribution in [0.5, 0.6) is 5.75 Å². The van der Waals surface area contributed by atoms with Crippen molar-refractivity contribution in [3.63, 3.8) is 0 Å². The van der Waals surface area contributed by atoms with Crippen LogP contribution in [-0.4, -0.2) is 48.0 Å². The summed E-state index contributed by atoms with van der Waals surface area (Å²) in [4.78, 5) is 4.72. The number of anilines is 1. The molecule has 1 rings (SSSR count). The lowest BCUT2D eigenvalue weighted by Crippen LogP contribution is -2.16. The molecule has 126 valence electrons. The van der Waals surface area contributed by atoms with Gasteiger partial charge >= 0.3 is 10.4 Å². The van der Waals surface area contributed by atoms with Crippen LogP contribution in [0.15, 0.2) is 17.0 Å². The number of rotatable bonds is 8. The van der Waals surface area contributed by atoms with Gasteiger partial charge in [-0.05, 0) is 18.6 Å². The minimum absolute atomic E-state index is 0.0371. The van der Waals surface area contributed by atoms with Gasteiger partial charge in [0.1, 0.15) is 11.4 Å². The molecule has 0 bridgehead atoms. The van der Waals surface area contributed by atoms with Gasteiger partial charge in [0.25, 0.3) is 0 Å². The van der Waals surface area contributed by atoms with Gasteiger partial charge in [0, 0.05) is 6.07 Å². The number of ether oxygens (including phenoxy) is 1. The number of sulfone groups is 1. The first-order valence-electron chi connectivity index (χ1n) is 5.93. The molecule has 0 aromatic heterocycles. The van der Waals surface area contributed by atoms with Gasteiger partial charge in [-0.25, -0.2) is 12.6 Å². The molecule has 0 fully saturated rings. The second kappa shape index (κ2) is 7.24. The zero-order chi connectivity index (χ0) is 17.0. The molecule has 11 heteroatoms. The first-order valence-corrected chi connectivity index (χ1v) is 8.94. The molecule has 1 aromatic carbocycles. The first-order chi connectivity index (χ1) is 10.1. The van der Waals surface area contributed by atoms with Crippen LogP contribution in [-0.2, 0) is 29.3 Å². The van der Waals surface area contributed by atoms with Crippen molar-refractivity contribution in [2.45, 2.75) is 11.8 Å². The van der Waals surface area contributed by atoms with Crippen LogP contribution < -0.4 is 10.2 Å². The Morgan fingerprint density at radius 3 is 2.32 bits per heavy atom. The van der Waals surface area contributed by atoms with E-state index in [0.717, 1.165) is 0 Å². The van der Waals surface area contributed by atoms with Crippen molar-refractivity contribution in [2.75, 3.05) is 32.1 Å². The van der Waals surface area contributed by atoms with Crippen molar-refractivity contribution >= 4 is 25.9 Å². The summed E-state index contributed by atoms with van der Waals surface area (Å²) in [5, 5.41) is 0. The van der Waals surface area contributed by atoms with Crippen molar-refractivity contribution in [3.05, 3.63) is 17.7 Å². The highest BCUT2D eigenvalue weighted by atomic mass is 32.3. The van der Waals surface area contributed by atoms with Crippen molar-refractivity contribution in [2.24, 2.45) is 0 Å². The molecule has 0 heterocycles. The molecule has 22 heavy (non-hydrogen) atoms. The largest absolute Gasteiger partial charge is 0.494 e. The van der Waals surface area contributed by atoms with Gasteiger partial charge in [-0.15, -0.1) is 0 Å². The van der Waals surface area contributed by atoms with E-state index in [4.69, 9.17) is 14.1 Å². The molecule has 0 saturated heterocycles. The van der Waals surface area contributed by atoms with E-state index < -0.39 is 32.6 Å². The second-order valence-electron chi connectivity index (χ2n) is 4.19. The molecule has 9 nitrogen and oxygen atoms in total. The number of methoxy groups -OCH3 is 1. The fourth-order valence-electron chi connectivity index (χ4n) is 1.72. The zero-order valence-corrected chi connectivity index (χ0v) is 13.8. The second-order valence-corrected chi connectivity index (χ2v) is 7.36. The van der Waals surface area contributed by atoms with Gasteiger partial charge in [-0.1, -0.05) is 0 Å². The van der Waals surface area contributed by atoms with Gasteiger partial charge in [0.05, 0.1) is 31.5 Å². The highest BCUT2D eigenvalue weighted by molar-refractivity contribution is 7.91. The van der Waals surface area contributed by atoms with Crippen molar-refractivity contribution in [3.8, 4) is 5.75 Å². The molecule has 0 amide bonds. The summed E-state index contributed by atoms with van der Waals surface area (Å²) in [7, 11) is -5.75. The summed E-state index contributed by atoms with van der Waals surface area (Å²) in [6.07, 6.45) is 0. The van der Waals surface area contributed by atoms with E-state index in [2.05, 4.69) is 9.66 Å². The number of nitrogens with one attached hydrogen (secondary N) is 1. The van der Waals surface area contributed by atoms with Crippen LogP contribution >= 0.6 is 0 Å². The van der Waals surface area contributed by atoms with Crippen molar-refractivity contribution in [1.29, 1.82) is 0 Å². The molecule has 0 aliphatic carbocycles. The molecule has 2 N–H and O–H groups in total. The van der Waals surface area contributed by atoms with Gasteiger partial charge < -0.3 is 4.74 Å². The lowest BCUT2D eigenvalue weighted by atomic mass is 10.2. The molecule has 0 radical (unpaired) electrons. The number of hydrogen-bond donors (Lipinski definition) is 2. The predicted octanol–water partition coefficient (Wildman–Crippen LogP) is 0.570. The third-order valence-corrected chi connectivity index (χ3v) is 4.91. The Kier molecular flexibility index (Phi) is 6.14. The smallest absolute Gasteiger partial charge is 0.397 e. The zero-order valence-electron chi connectivity index (χ0n) is 12.2. The van der Waals surface area contributed by atoms with E-state index in [1.807, 2.05) is 0 Å². The molecule has 1 aromatic rings. The van der Waals surface area contributed by atoms with Crippen molar-refractivity contribution < 1.29 is 35.1 Å². The Morgan fingerprint density at radius 2 is 1.82 bits per heavy atom. The molecule has 0 atom stereocenters. The van der Waals surface area contributed by atoms with E-state index in [1.54, 1.807) is 6.92 Å². The Labute approximate surface area is 129 Å². The van der Waals surface area contributed by atoms with Crippen LogP contribution in [0.1, 0.15) is 5.56 Å². The summed E-state index contributed by atoms with van der Waals surface area (Å²) in [5.74, 6) is -0.380. The van der Waals surface area contributed by atoms with E-state index in [9.17, 15) is 16.8 Å². The fourth-order valence-corrected chi connectivity index (χ4v) is 3.48. The fraction of sp³-hybridized carbons (Fsp3) is 0.455. The molecule has 0 aliphatic rings. The summed E-state index contributed by atoms with van der Waals surface area (Å²) in [6.45, 7) is 0.873. The van der Waals surface area contributed by atoms with Crippen LogP contribution in [0.3, 0.4) is 0 Å². The van der Waals surface area contributed by atoms with Crippen molar-refractivity contribution in [1.82, 2.24) is 0 Å². The third-order valence-electron chi connectivity index (χ3n) is 2.63. The van der Waals surface area contributed by atoms with Crippen LogP contribution in [0.4, 0.5) is 5.69 Å². The Hall–Kier alpha value is -1.40. The SMILES string of the molecule is CONc1cc(C)c(S(=O)(=O)CCOS(=O)(=O)O)cc1OC. The summed E-state index contributed by atoms with van der Waals surface area (Å²) < 4.78 is 62.8. The molecule has 0 aliphatic heterocycles. The maximum absolute atomic E-state index is 12.2. The van der Waals surface area contributed by atoms with Crippen LogP contribution in [0.25, 0.3) is 0 Å². The Bertz CT molecular complexity index is 727. The summed E-state index contributed by atoms with van der Waals surface area (Å²) in [6, 6.07) is 2.80. The van der Waals surface area contributed by atoms with E-state index in [0.29, 0.717) is 11.3 Å². The highest BCUT2D eigenvalue weighted by Crippen LogP contribution is 2.31. The molecular formula is C11H17NO8S2. The maximum atomic E-state index is 12.2. The molecule has 0 unspecified atom stereocenters. The van der Waals surface area contributed by atoms with E-state index in [1.165, 1.54) is 26.4 Å². The Balaban J connectivity index is 3.09.